The Morgan fingerprint density at radius 2 is 1.97 bits per heavy atom. The summed E-state index contributed by atoms with van der Waals surface area (Å²) in [7, 11) is -3.28. The Hall–Kier alpha value is -4.04. The molecule has 2 aromatic rings. The van der Waals surface area contributed by atoms with Gasteiger partial charge in [0.2, 0.25) is 5.17 Å². The summed E-state index contributed by atoms with van der Waals surface area (Å²) in [6, 6.07) is 8.94. The number of thioether (sulfide) groups is 1. The lowest BCUT2D eigenvalue weighted by Gasteiger charge is -2.20. The van der Waals surface area contributed by atoms with Crippen LogP contribution in [0.15, 0.2) is 63.0 Å². The molecule has 36 heavy (non-hydrogen) atoms. The second-order valence-electron chi connectivity index (χ2n) is 7.44. The Balaban J connectivity index is 1.64. The van der Waals surface area contributed by atoms with Crippen LogP contribution in [-0.4, -0.2) is 47.4 Å². The average Bonchev–Trinajstić information content (AvgIpc) is 3.25. The summed E-state index contributed by atoms with van der Waals surface area (Å²) < 4.78 is 35.9. The van der Waals surface area contributed by atoms with Gasteiger partial charge in [-0.15, -0.1) is 0 Å². The van der Waals surface area contributed by atoms with Gasteiger partial charge in [-0.05, 0) is 54.4 Å². The molecule has 1 N–H and O–H groups in total. The summed E-state index contributed by atoms with van der Waals surface area (Å²) in [5, 5.41) is 26.4. The van der Waals surface area contributed by atoms with Crippen LogP contribution < -0.4 is 8.92 Å². The molecule has 0 radical (unpaired) electrons. The van der Waals surface area contributed by atoms with E-state index in [0.29, 0.717) is 17.2 Å². The summed E-state index contributed by atoms with van der Waals surface area (Å²) in [6.45, 7) is 2.00. The van der Waals surface area contributed by atoms with Crippen molar-refractivity contribution in [1.82, 2.24) is 5.01 Å². The highest BCUT2D eigenvalue weighted by atomic mass is 32.2. The third-order valence-corrected chi connectivity index (χ3v) is 7.24. The number of hydrogen-bond donors (Lipinski definition) is 1. The number of ether oxygens (including phenoxy) is 1. The van der Waals surface area contributed by atoms with Crippen molar-refractivity contribution in [3.8, 4) is 11.5 Å². The monoisotopic (exact) mass is 529 g/mol. The zero-order valence-corrected chi connectivity index (χ0v) is 20.6. The molecule has 12 nitrogen and oxygen atoms in total. The molecule has 0 spiro atoms. The van der Waals surface area contributed by atoms with Crippen LogP contribution in [0.5, 0.6) is 11.5 Å². The third-order valence-electron chi connectivity index (χ3n) is 4.99. The number of nitro groups is 1. The molecule has 0 bridgehead atoms. The van der Waals surface area contributed by atoms with E-state index in [4.69, 9.17) is 14.3 Å². The molecule has 2 aromatic carbocycles. The van der Waals surface area contributed by atoms with Gasteiger partial charge in [-0.1, -0.05) is 25.1 Å². The first-order valence-corrected chi connectivity index (χ1v) is 12.7. The minimum atomic E-state index is -4.57. The number of nitrogens with zero attached hydrogens (tertiary/aromatic N) is 4. The summed E-state index contributed by atoms with van der Waals surface area (Å²) in [5.41, 5.74) is -0.236. The molecule has 2 aliphatic rings. The largest absolute Gasteiger partial charge is 0.493 e. The van der Waals surface area contributed by atoms with Crippen molar-refractivity contribution in [1.29, 1.82) is 5.41 Å². The highest BCUT2D eigenvalue weighted by Gasteiger charge is 2.35. The second kappa shape index (κ2) is 9.91. The van der Waals surface area contributed by atoms with Gasteiger partial charge < -0.3 is 8.92 Å². The molecule has 0 saturated carbocycles. The van der Waals surface area contributed by atoms with E-state index in [1.165, 1.54) is 60.3 Å². The van der Waals surface area contributed by atoms with Crippen LogP contribution in [0.3, 0.4) is 0 Å². The Morgan fingerprint density at radius 1 is 1.22 bits per heavy atom. The van der Waals surface area contributed by atoms with E-state index in [1.807, 2.05) is 6.92 Å². The first kappa shape index (κ1) is 25.1. The Bertz CT molecular complexity index is 1480. The highest BCUT2D eigenvalue weighted by molar-refractivity contribution is 8.26. The zero-order chi connectivity index (χ0) is 26.0. The summed E-state index contributed by atoms with van der Waals surface area (Å²) >= 11 is 1.25. The normalized spacial score (nSPS) is 16.5. The fourth-order valence-corrected chi connectivity index (χ4v) is 5.43. The molecule has 1 amide bonds. The molecule has 0 aliphatic carbocycles. The van der Waals surface area contributed by atoms with Gasteiger partial charge in [0, 0.05) is 6.07 Å². The number of carbonyl (C=O) groups is 1. The van der Waals surface area contributed by atoms with E-state index < -0.39 is 31.5 Å². The molecule has 14 heteroatoms. The van der Waals surface area contributed by atoms with Crippen molar-refractivity contribution in [2.24, 2.45) is 10.1 Å². The Morgan fingerprint density at radius 3 is 2.67 bits per heavy atom. The van der Waals surface area contributed by atoms with Gasteiger partial charge in [-0.25, -0.2) is 0 Å². The van der Waals surface area contributed by atoms with Gasteiger partial charge in [0.1, 0.15) is 5.04 Å². The van der Waals surface area contributed by atoms with Crippen LogP contribution in [0, 0.1) is 15.5 Å². The molecule has 186 valence electrons. The van der Waals surface area contributed by atoms with E-state index >= 15 is 0 Å². The summed E-state index contributed by atoms with van der Waals surface area (Å²) in [4.78, 5) is 26.4. The minimum Gasteiger partial charge on any atom is -0.493 e. The lowest BCUT2D eigenvalue weighted by molar-refractivity contribution is -0.387. The lowest BCUT2D eigenvalue weighted by Crippen LogP contribution is -2.35. The standard InChI is InChI=1S/C22H19N5O7S2/c1-3-6-19-25-26-20(23)14(21(28)24-22(26)35-19)11-13-9-10-16(17(12-13)33-2)34-36(31,32)18-8-5-4-7-15(18)27(29)30/h4-5,7-12,23H,3,6H2,1-2H3/b14-11-,23-20?. The molecule has 0 atom stereocenters. The predicted molar refractivity (Wildman–Crippen MR) is 134 cm³/mol. The number of para-hydroxylation sites is 1. The van der Waals surface area contributed by atoms with Crippen LogP contribution in [0.1, 0.15) is 25.3 Å². The molecule has 0 fully saturated rings. The number of hydrogen-bond acceptors (Lipinski definition) is 10. The number of nitro benzene ring substituents is 1. The summed E-state index contributed by atoms with van der Waals surface area (Å²) in [5.74, 6) is -0.967. The Kier molecular flexibility index (Phi) is 6.90. The number of rotatable bonds is 8. The molecule has 0 unspecified atom stereocenters. The van der Waals surface area contributed by atoms with Gasteiger partial charge in [-0.2, -0.15) is 23.5 Å². The first-order chi connectivity index (χ1) is 17.1. The van der Waals surface area contributed by atoms with Gasteiger partial charge >= 0.3 is 10.1 Å². The number of carbonyl (C=O) groups excluding carboxylic acids is 1. The number of benzene rings is 2. The maximum Gasteiger partial charge on any atom is 0.346 e. The quantitative estimate of drug-likeness (QED) is 0.232. The van der Waals surface area contributed by atoms with Crippen molar-refractivity contribution in [3.05, 3.63) is 63.7 Å². The number of nitrogens with one attached hydrogen (secondary N) is 1. The van der Waals surface area contributed by atoms with Crippen molar-refractivity contribution < 1.29 is 27.1 Å². The second-order valence-corrected chi connectivity index (χ2v) is 9.99. The first-order valence-electron chi connectivity index (χ1n) is 10.5. The van der Waals surface area contributed by atoms with Crippen LogP contribution in [0.2, 0.25) is 0 Å². The van der Waals surface area contributed by atoms with Gasteiger partial charge in [0.15, 0.2) is 22.2 Å². The van der Waals surface area contributed by atoms with Crippen LogP contribution in [-0.2, 0) is 14.9 Å². The van der Waals surface area contributed by atoms with Gasteiger partial charge in [0.25, 0.3) is 11.6 Å². The fourth-order valence-electron chi connectivity index (χ4n) is 3.34. The van der Waals surface area contributed by atoms with Gasteiger partial charge in [0.05, 0.1) is 17.6 Å². The zero-order valence-electron chi connectivity index (χ0n) is 19.0. The average molecular weight is 530 g/mol. The van der Waals surface area contributed by atoms with Crippen LogP contribution in [0.4, 0.5) is 5.69 Å². The smallest absolute Gasteiger partial charge is 0.346 e. The minimum absolute atomic E-state index is 0.00882. The Labute approximate surface area is 210 Å². The highest BCUT2D eigenvalue weighted by Crippen LogP contribution is 2.34. The molecule has 0 aromatic heterocycles. The maximum atomic E-state index is 12.8. The number of aliphatic imine (C=N–C) groups is 1. The maximum absolute atomic E-state index is 12.8. The number of amidine groups is 2. The van der Waals surface area contributed by atoms with Crippen molar-refractivity contribution in [3.63, 3.8) is 0 Å². The molecular formula is C22H19N5O7S2. The van der Waals surface area contributed by atoms with Crippen molar-refractivity contribution >= 4 is 55.6 Å². The van der Waals surface area contributed by atoms with Crippen molar-refractivity contribution in [2.45, 2.75) is 24.7 Å². The molecular weight excluding hydrogens is 510 g/mol. The number of fused-ring (bicyclic) bond motifs is 1. The van der Waals surface area contributed by atoms with Crippen molar-refractivity contribution in [2.75, 3.05) is 7.11 Å². The number of methoxy groups -OCH3 is 1. The topological polar surface area (TPSA) is 165 Å². The number of amides is 1. The molecule has 4 rings (SSSR count). The molecule has 2 aliphatic heterocycles. The molecule has 2 heterocycles. The summed E-state index contributed by atoms with van der Waals surface area (Å²) in [6.07, 6.45) is 2.97. The van der Waals surface area contributed by atoms with Crippen LogP contribution in [0.25, 0.3) is 6.08 Å². The third kappa shape index (κ3) is 4.85. The number of hydrazone groups is 1. The van der Waals surface area contributed by atoms with Crippen LogP contribution >= 0.6 is 11.8 Å². The van der Waals surface area contributed by atoms with E-state index in [1.54, 1.807) is 0 Å². The van der Waals surface area contributed by atoms with E-state index in [2.05, 4.69) is 10.1 Å². The lowest BCUT2D eigenvalue weighted by atomic mass is 10.1. The van der Waals surface area contributed by atoms with E-state index in [0.717, 1.165) is 23.6 Å². The molecule has 0 saturated heterocycles. The van der Waals surface area contributed by atoms with E-state index in [-0.39, 0.29) is 22.9 Å². The van der Waals surface area contributed by atoms with Gasteiger partial charge in [-0.3, -0.25) is 20.3 Å². The fraction of sp³-hybridized carbons (Fsp3) is 0.182. The SMILES string of the molecule is CCCC1=NN2C(=N)/C(=C/c3ccc(OS(=O)(=O)c4ccccc4[N+](=O)[O-])c(OC)c3)C(=O)N=C2S1. The predicted octanol–water partition coefficient (Wildman–Crippen LogP) is 3.79. The van der Waals surface area contributed by atoms with E-state index in [9.17, 15) is 23.3 Å².